The summed E-state index contributed by atoms with van der Waals surface area (Å²) in [7, 11) is 0. The average molecular weight is 337 g/mol. The second kappa shape index (κ2) is 7.17. The molecule has 2 aromatic heterocycles. The van der Waals surface area contributed by atoms with Gasteiger partial charge < -0.3 is 10.1 Å². The highest BCUT2D eigenvalue weighted by Gasteiger charge is 2.06. The molecule has 128 valence electrons. The molecule has 0 bridgehead atoms. The van der Waals surface area contributed by atoms with Gasteiger partial charge in [-0.2, -0.15) is 0 Å². The van der Waals surface area contributed by atoms with E-state index in [2.05, 4.69) is 10.3 Å². The summed E-state index contributed by atoms with van der Waals surface area (Å²) in [5.74, 6) is 0.539. The zero-order chi connectivity index (χ0) is 17.8. The third-order valence-corrected chi connectivity index (χ3v) is 3.76. The fourth-order valence-electron chi connectivity index (χ4n) is 2.45. The lowest BCUT2D eigenvalue weighted by molar-refractivity contribution is -0.115. The molecule has 0 aliphatic carbocycles. The van der Waals surface area contributed by atoms with E-state index in [1.165, 1.54) is 10.5 Å². The molecule has 0 aliphatic rings. The number of anilines is 1. The van der Waals surface area contributed by atoms with Gasteiger partial charge >= 0.3 is 0 Å². The molecule has 25 heavy (non-hydrogen) atoms. The van der Waals surface area contributed by atoms with E-state index in [1.807, 2.05) is 19.1 Å². The van der Waals surface area contributed by atoms with Crippen LogP contribution in [0.3, 0.4) is 0 Å². The van der Waals surface area contributed by atoms with Crippen LogP contribution >= 0.6 is 0 Å². The Morgan fingerprint density at radius 3 is 2.88 bits per heavy atom. The van der Waals surface area contributed by atoms with E-state index in [4.69, 9.17) is 4.74 Å². The van der Waals surface area contributed by atoms with Gasteiger partial charge in [-0.05, 0) is 30.7 Å². The number of rotatable bonds is 5. The highest BCUT2D eigenvalue weighted by Crippen LogP contribution is 2.18. The van der Waals surface area contributed by atoms with Crippen LogP contribution in [0.4, 0.5) is 5.69 Å². The van der Waals surface area contributed by atoms with Crippen LogP contribution in [-0.4, -0.2) is 15.3 Å². The normalized spacial score (nSPS) is 10.6. The quantitative estimate of drug-likeness (QED) is 0.777. The first-order valence-electron chi connectivity index (χ1n) is 8.07. The van der Waals surface area contributed by atoms with E-state index in [-0.39, 0.29) is 18.1 Å². The van der Waals surface area contributed by atoms with Crippen LogP contribution < -0.4 is 15.6 Å². The Bertz CT molecular complexity index is 979. The summed E-state index contributed by atoms with van der Waals surface area (Å²) >= 11 is 0. The van der Waals surface area contributed by atoms with Crippen LogP contribution in [0.5, 0.6) is 5.75 Å². The van der Waals surface area contributed by atoms with E-state index >= 15 is 0 Å². The van der Waals surface area contributed by atoms with Crippen LogP contribution in [0.25, 0.3) is 5.65 Å². The average Bonchev–Trinajstić information content (AvgIpc) is 2.61. The molecule has 0 aliphatic heterocycles. The Hall–Kier alpha value is -3.15. The summed E-state index contributed by atoms with van der Waals surface area (Å²) in [6.45, 7) is 3.87. The molecule has 3 aromatic rings. The van der Waals surface area contributed by atoms with Crippen molar-refractivity contribution >= 4 is 17.2 Å². The van der Waals surface area contributed by atoms with Gasteiger partial charge in [0.15, 0.2) is 0 Å². The maximum Gasteiger partial charge on any atom is 0.258 e. The number of benzene rings is 1. The number of carbonyl (C=O) groups excluding carboxylic acids is 1. The van der Waals surface area contributed by atoms with Crippen molar-refractivity contribution in [1.82, 2.24) is 9.38 Å². The molecule has 0 saturated carbocycles. The topological polar surface area (TPSA) is 72.7 Å². The first-order valence-corrected chi connectivity index (χ1v) is 8.07. The molecule has 6 nitrogen and oxygen atoms in total. The molecular weight excluding hydrogens is 318 g/mol. The molecule has 0 fully saturated rings. The van der Waals surface area contributed by atoms with Gasteiger partial charge in [-0.3, -0.25) is 14.0 Å². The summed E-state index contributed by atoms with van der Waals surface area (Å²) in [6.07, 6.45) is 2.11. The SMILES string of the molecule is CCC(=O)Nc1cccc(OCc2cc(=O)n3cccc(C)c3n2)c1. The summed E-state index contributed by atoms with van der Waals surface area (Å²) in [6, 6.07) is 12.3. The van der Waals surface area contributed by atoms with Crippen molar-refractivity contribution in [3.63, 3.8) is 0 Å². The summed E-state index contributed by atoms with van der Waals surface area (Å²) in [5.41, 5.74) is 2.63. The number of hydrogen-bond donors (Lipinski definition) is 1. The Labute approximate surface area is 145 Å². The highest BCUT2D eigenvalue weighted by molar-refractivity contribution is 5.90. The van der Waals surface area contributed by atoms with Crippen molar-refractivity contribution in [1.29, 1.82) is 0 Å². The molecule has 1 N–H and O–H groups in total. The fourth-order valence-corrected chi connectivity index (χ4v) is 2.45. The number of fused-ring (bicyclic) bond motifs is 1. The number of nitrogens with zero attached hydrogens (tertiary/aromatic N) is 2. The minimum Gasteiger partial charge on any atom is -0.487 e. The number of aromatic nitrogens is 2. The molecule has 2 heterocycles. The van der Waals surface area contributed by atoms with Crippen molar-refractivity contribution in [3.05, 3.63) is 70.3 Å². The minimum absolute atomic E-state index is 0.0585. The van der Waals surface area contributed by atoms with Gasteiger partial charge in [0, 0.05) is 30.4 Å². The first-order chi connectivity index (χ1) is 12.1. The molecule has 1 amide bonds. The van der Waals surface area contributed by atoms with Gasteiger partial charge in [-0.25, -0.2) is 4.98 Å². The van der Waals surface area contributed by atoms with Crippen LogP contribution in [-0.2, 0) is 11.4 Å². The fraction of sp³-hybridized carbons (Fsp3) is 0.211. The van der Waals surface area contributed by atoms with Crippen molar-refractivity contribution < 1.29 is 9.53 Å². The van der Waals surface area contributed by atoms with Crippen molar-refractivity contribution in [2.45, 2.75) is 26.9 Å². The maximum atomic E-state index is 12.2. The molecule has 0 atom stereocenters. The third kappa shape index (κ3) is 3.85. The van der Waals surface area contributed by atoms with Crippen LogP contribution in [0, 0.1) is 6.92 Å². The number of aryl methyl sites for hydroxylation is 1. The van der Waals surface area contributed by atoms with Gasteiger partial charge in [0.2, 0.25) is 5.91 Å². The van der Waals surface area contributed by atoms with Crippen LogP contribution in [0.1, 0.15) is 24.6 Å². The molecule has 0 unspecified atom stereocenters. The molecule has 0 spiro atoms. The Kier molecular flexibility index (Phi) is 4.79. The predicted molar refractivity (Wildman–Crippen MR) is 95.9 cm³/mol. The maximum absolute atomic E-state index is 12.2. The molecule has 0 radical (unpaired) electrons. The lowest BCUT2D eigenvalue weighted by atomic mass is 10.3. The Morgan fingerprint density at radius 2 is 2.08 bits per heavy atom. The number of carbonyl (C=O) groups is 1. The van der Waals surface area contributed by atoms with Crippen molar-refractivity contribution in [3.8, 4) is 5.75 Å². The smallest absolute Gasteiger partial charge is 0.258 e. The van der Waals surface area contributed by atoms with E-state index in [1.54, 1.807) is 37.4 Å². The highest BCUT2D eigenvalue weighted by atomic mass is 16.5. The van der Waals surface area contributed by atoms with E-state index in [9.17, 15) is 9.59 Å². The monoisotopic (exact) mass is 337 g/mol. The van der Waals surface area contributed by atoms with Gasteiger partial charge in [-0.1, -0.05) is 19.1 Å². The van der Waals surface area contributed by atoms with Crippen LogP contribution in [0.2, 0.25) is 0 Å². The zero-order valence-electron chi connectivity index (χ0n) is 14.2. The Morgan fingerprint density at radius 1 is 1.24 bits per heavy atom. The lowest BCUT2D eigenvalue weighted by Gasteiger charge is -2.10. The summed E-state index contributed by atoms with van der Waals surface area (Å²) in [4.78, 5) is 28.2. The summed E-state index contributed by atoms with van der Waals surface area (Å²) in [5, 5.41) is 2.78. The van der Waals surface area contributed by atoms with Gasteiger partial charge in [0.1, 0.15) is 18.0 Å². The van der Waals surface area contributed by atoms with Gasteiger partial charge in [-0.15, -0.1) is 0 Å². The molecule has 6 heteroatoms. The van der Waals surface area contributed by atoms with Crippen molar-refractivity contribution in [2.24, 2.45) is 0 Å². The number of nitrogens with one attached hydrogen (secondary N) is 1. The molecule has 3 rings (SSSR count). The second-order valence-corrected chi connectivity index (χ2v) is 5.69. The molecule has 0 saturated heterocycles. The zero-order valence-corrected chi connectivity index (χ0v) is 14.2. The standard InChI is InChI=1S/C19H19N3O3/c1-3-17(23)20-14-7-4-8-16(10-14)25-12-15-11-18(24)22-9-5-6-13(2)19(22)21-15/h4-11H,3,12H2,1-2H3,(H,20,23). The van der Waals surface area contributed by atoms with Gasteiger partial charge in [0.05, 0.1) is 5.69 Å². The third-order valence-electron chi connectivity index (χ3n) is 3.76. The second-order valence-electron chi connectivity index (χ2n) is 5.69. The molecular formula is C19H19N3O3. The van der Waals surface area contributed by atoms with E-state index in [0.29, 0.717) is 29.2 Å². The number of amides is 1. The van der Waals surface area contributed by atoms with Gasteiger partial charge in [0.25, 0.3) is 5.56 Å². The molecule has 1 aromatic carbocycles. The Balaban J connectivity index is 1.79. The largest absolute Gasteiger partial charge is 0.487 e. The van der Waals surface area contributed by atoms with E-state index in [0.717, 1.165) is 5.56 Å². The van der Waals surface area contributed by atoms with E-state index < -0.39 is 0 Å². The number of pyridine rings is 1. The number of hydrogen-bond acceptors (Lipinski definition) is 4. The van der Waals surface area contributed by atoms with Crippen molar-refractivity contribution in [2.75, 3.05) is 5.32 Å². The summed E-state index contributed by atoms with van der Waals surface area (Å²) < 4.78 is 7.24. The minimum atomic E-state index is -0.142. The predicted octanol–water partition coefficient (Wildman–Crippen LogP) is 2.93. The lowest BCUT2D eigenvalue weighted by Crippen LogP contribution is -2.17. The first kappa shape index (κ1) is 16.7. The van der Waals surface area contributed by atoms with Crippen LogP contribution in [0.15, 0.2) is 53.5 Å². The number of ether oxygens (including phenoxy) is 1.